The van der Waals surface area contributed by atoms with E-state index < -0.39 is 17.5 Å². The molecular weight excluding hydrogens is 445 g/mol. The lowest BCUT2D eigenvalue weighted by Gasteiger charge is -2.32. The zero-order chi connectivity index (χ0) is 23.4. The molecule has 0 saturated carbocycles. The molecule has 0 spiro atoms. The number of hydrogen-bond donors (Lipinski definition) is 0. The summed E-state index contributed by atoms with van der Waals surface area (Å²) in [7, 11) is 2.15. The number of rotatable bonds is 7. The third-order valence-electron chi connectivity index (χ3n) is 6.00. The SMILES string of the molecule is CN1CCN(CCCc2[c]cccc2Cn2nc(-c3cc(F)c(F)c(F)c3)ccc2=S)CC1. The van der Waals surface area contributed by atoms with Crippen molar-refractivity contribution in [1.29, 1.82) is 0 Å². The van der Waals surface area contributed by atoms with E-state index in [-0.39, 0.29) is 5.56 Å². The maximum atomic E-state index is 13.7. The fourth-order valence-electron chi connectivity index (χ4n) is 4.02. The zero-order valence-corrected chi connectivity index (χ0v) is 19.3. The van der Waals surface area contributed by atoms with Gasteiger partial charge in [-0.1, -0.05) is 30.4 Å². The average Bonchev–Trinajstić information content (AvgIpc) is 2.81. The Hall–Kier alpha value is -2.55. The highest BCUT2D eigenvalue weighted by molar-refractivity contribution is 7.71. The highest BCUT2D eigenvalue weighted by Crippen LogP contribution is 2.22. The number of aromatic nitrogens is 2. The van der Waals surface area contributed by atoms with Crippen LogP contribution < -0.4 is 0 Å². The van der Waals surface area contributed by atoms with Crippen molar-refractivity contribution in [3.05, 3.63) is 81.8 Å². The van der Waals surface area contributed by atoms with E-state index in [4.69, 9.17) is 12.2 Å². The molecule has 0 unspecified atom stereocenters. The first-order chi connectivity index (χ1) is 15.9. The summed E-state index contributed by atoms with van der Waals surface area (Å²) in [6, 6.07) is 14.3. The molecule has 1 aliphatic heterocycles. The van der Waals surface area contributed by atoms with E-state index in [0.717, 1.165) is 68.8 Å². The van der Waals surface area contributed by atoms with Crippen LogP contribution in [0.15, 0.2) is 42.5 Å². The molecule has 2 aromatic carbocycles. The first-order valence-corrected chi connectivity index (χ1v) is 11.4. The Bertz CT molecular complexity index is 1150. The summed E-state index contributed by atoms with van der Waals surface area (Å²) in [5.41, 5.74) is 2.63. The van der Waals surface area contributed by atoms with Gasteiger partial charge in [-0.05, 0) is 67.9 Å². The predicted octanol–water partition coefficient (Wildman–Crippen LogP) is 4.73. The molecule has 1 aromatic heterocycles. The van der Waals surface area contributed by atoms with Crippen LogP contribution in [-0.2, 0) is 13.0 Å². The minimum absolute atomic E-state index is 0.155. The van der Waals surface area contributed by atoms with Gasteiger partial charge in [0.05, 0.1) is 12.2 Å². The fourth-order valence-corrected chi connectivity index (χ4v) is 4.19. The van der Waals surface area contributed by atoms with Crippen molar-refractivity contribution in [2.45, 2.75) is 19.4 Å². The maximum Gasteiger partial charge on any atom is 0.194 e. The van der Waals surface area contributed by atoms with Gasteiger partial charge in [-0.15, -0.1) is 0 Å². The molecule has 1 radical (unpaired) electrons. The second-order valence-electron chi connectivity index (χ2n) is 8.39. The van der Waals surface area contributed by atoms with E-state index in [9.17, 15) is 13.2 Å². The molecule has 0 aliphatic carbocycles. The molecular formula is C25H26F3N4S. The van der Waals surface area contributed by atoms with E-state index in [2.05, 4.69) is 28.0 Å². The van der Waals surface area contributed by atoms with Gasteiger partial charge >= 0.3 is 0 Å². The summed E-state index contributed by atoms with van der Waals surface area (Å²) in [4.78, 5) is 4.84. The lowest BCUT2D eigenvalue weighted by Crippen LogP contribution is -2.44. The minimum atomic E-state index is -1.49. The van der Waals surface area contributed by atoms with E-state index in [0.29, 0.717) is 16.9 Å². The molecule has 1 fully saturated rings. The molecule has 3 aromatic rings. The number of halogens is 3. The van der Waals surface area contributed by atoms with Gasteiger partial charge in [-0.25, -0.2) is 17.9 Å². The molecule has 8 heteroatoms. The second kappa shape index (κ2) is 10.6. The molecule has 33 heavy (non-hydrogen) atoms. The zero-order valence-electron chi connectivity index (χ0n) is 18.5. The molecule has 173 valence electrons. The van der Waals surface area contributed by atoms with Crippen LogP contribution in [0.1, 0.15) is 17.5 Å². The van der Waals surface area contributed by atoms with Crippen LogP contribution in [0.5, 0.6) is 0 Å². The third kappa shape index (κ3) is 5.88. The Morgan fingerprint density at radius 2 is 1.76 bits per heavy atom. The average molecular weight is 472 g/mol. The van der Waals surface area contributed by atoms with Crippen LogP contribution in [0.4, 0.5) is 13.2 Å². The largest absolute Gasteiger partial charge is 0.304 e. The lowest BCUT2D eigenvalue weighted by molar-refractivity contribution is 0.153. The van der Waals surface area contributed by atoms with Crippen molar-refractivity contribution in [2.75, 3.05) is 39.8 Å². The van der Waals surface area contributed by atoms with Gasteiger partial charge in [0.2, 0.25) is 0 Å². The van der Waals surface area contributed by atoms with Crippen LogP contribution in [-0.4, -0.2) is 59.4 Å². The Kier molecular flexibility index (Phi) is 7.57. The number of hydrogen-bond acceptors (Lipinski definition) is 4. The molecule has 1 saturated heterocycles. The topological polar surface area (TPSA) is 24.3 Å². The number of piperazine rings is 1. The van der Waals surface area contributed by atoms with Gasteiger partial charge in [-0.3, -0.25) is 0 Å². The van der Waals surface area contributed by atoms with Crippen LogP contribution in [0.25, 0.3) is 11.3 Å². The smallest absolute Gasteiger partial charge is 0.194 e. The molecule has 4 nitrogen and oxygen atoms in total. The van der Waals surface area contributed by atoms with Crippen molar-refractivity contribution >= 4 is 12.2 Å². The fraction of sp³-hybridized carbons (Fsp3) is 0.360. The Labute approximate surface area is 197 Å². The normalized spacial score (nSPS) is 15.2. The number of aryl methyl sites for hydroxylation is 1. The second-order valence-corrected chi connectivity index (χ2v) is 8.81. The Morgan fingerprint density at radius 3 is 2.48 bits per heavy atom. The molecule has 0 amide bonds. The first kappa shape index (κ1) is 23.6. The van der Waals surface area contributed by atoms with Gasteiger partial charge in [-0.2, -0.15) is 5.10 Å². The van der Waals surface area contributed by atoms with E-state index in [1.807, 2.05) is 18.2 Å². The van der Waals surface area contributed by atoms with Crippen LogP contribution in [0.2, 0.25) is 0 Å². The summed E-state index contributed by atoms with van der Waals surface area (Å²) < 4.78 is 42.8. The quantitative estimate of drug-likeness (QED) is 0.368. The van der Waals surface area contributed by atoms with Crippen molar-refractivity contribution in [1.82, 2.24) is 19.6 Å². The van der Waals surface area contributed by atoms with Crippen molar-refractivity contribution in [3.8, 4) is 11.3 Å². The van der Waals surface area contributed by atoms with Gasteiger partial charge in [0.25, 0.3) is 0 Å². The van der Waals surface area contributed by atoms with E-state index in [1.165, 1.54) is 0 Å². The summed E-state index contributed by atoms with van der Waals surface area (Å²) in [5.74, 6) is -3.99. The summed E-state index contributed by atoms with van der Waals surface area (Å²) in [6.45, 7) is 5.86. The molecule has 0 bridgehead atoms. The van der Waals surface area contributed by atoms with E-state index in [1.54, 1.807) is 16.8 Å². The van der Waals surface area contributed by atoms with Crippen molar-refractivity contribution in [2.24, 2.45) is 0 Å². The van der Waals surface area contributed by atoms with Crippen LogP contribution in [0, 0.1) is 28.2 Å². The third-order valence-corrected chi connectivity index (χ3v) is 6.35. The summed E-state index contributed by atoms with van der Waals surface area (Å²) >= 11 is 5.43. The standard InChI is InChI=1S/C25H26F3N4S/c1-30-11-13-31(14-12-30)10-4-7-18-5-2-3-6-19(18)17-32-24(33)9-8-23(29-32)20-15-21(26)25(28)22(27)16-20/h2-3,6,8-9,15-16H,4,7,10-14,17H2,1H3. The molecule has 0 N–H and O–H groups in total. The number of nitrogens with zero attached hydrogens (tertiary/aromatic N) is 4. The molecule has 4 rings (SSSR count). The lowest BCUT2D eigenvalue weighted by atomic mass is 10.0. The highest BCUT2D eigenvalue weighted by atomic mass is 32.1. The summed E-state index contributed by atoms with van der Waals surface area (Å²) in [5, 5.41) is 4.48. The number of benzene rings is 2. The molecule has 2 heterocycles. The van der Waals surface area contributed by atoms with Crippen LogP contribution in [0.3, 0.4) is 0 Å². The first-order valence-electron chi connectivity index (χ1n) is 11.0. The van der Waals surface area contributed by atoms with Crippen molar-refractivity contribution < 1.29 is 13.2 Å². The van der Waals surface area contributed by atoms with Gasteiger partial charge in [0.1, 0.15) is 4.64 Å². The van der Waals surface area contributed by atoms with Gasteiger partial charge in [0, 0.05) is 31.7 Å². The van der Waals surface area contributed by atoms with Gasteiger partial charge < -0.3 is 9.80 Å². The molecule has 1 aliphatic rings. The highest BCUT2D eigenvalue weighted by Gasteiger charge is 2.15. The monoisotopic (exact) mass is 471 g/mol. The Balaban J connectivity index is 1.49. The van der Waals surface area contributed by atoms with Gasteiger partial charge in [0.15, 0.2) is 17.5 Å². The summed E-state index contributed by atoms with van der Waals surface area (Å²) in [6.07, 6.45) is 1.92. The molecule has 0 atom stereocenters. The van der Waals surface area contributed by atoms with E-state index >= 15 is 0 Å². The van der Waals surface area contributed by atoms with Crippen molar-refractivity contribution in [3.63, 3.8) is 0 Å². The van der Waals surface area contributed by atoms with Crippen LogP contribution >= 0.6 is 12.2 Å². The minimum Gasteiger partial charge on any atom is -0.304 e. The maximum absolute atomic E-state index is 13.7. The Morgan fingerprint density at radius 1 is 1.03 bits per heavy atom. The predicted molar refractivity (Wildman–Crippen MR) is 125 cm³/mol. The number of likely N-dealkylation sites (N-methyl/N-ethyl adjacent to an activating group) is 1.